The van der Waals surface area contributed by atoms with Gasteiger partial charge in [-0.2, -0.15) is 5.10 Å². The van der Waals surface area contributed by atoms with Crippen LogP contribution in [0.2, 0.25) is 0 Å². The molecular weight excluding hydrogens is 340 g/mol. The van der Waals surface area contributed by atoms with Crippen molar-refractivity contribution in [2.75, 3.05) is 39.8 Å². The van der Waals surface area contributed by atoms with Gasteiger partial charge in [-0.05, 0) is 43.7 Å². The Balaban J connectivity index is 1.95. The Morgan fingerprint density at radius 1 is 1.15 bits per heavy atom. The predicted octanol–water partition coefficient (Wildman–Crippen LogP) is 3.09. The van der Waals surface area contributed by atoms with E-state index in [1.54, 1.807) is 7.11 Å². The Hall–Kier alpha value is -2.34. The summed E-state index contributed by atoms with van der Waals surface area (Å²) in [6.07, 6.45) is 0. The van der Waals surface area contributed by atoms with Gasteiger partial charge in [0.05, 0.1) is 29.7 Å². The maximum absolute atomic E-state index is 13.3. The molecule has 0 aliphatic carbocycles. The molecule has 1 aromatic heterocycles. The molecule has 0 N–H and O–H groups in total. The molecule has 6 nitrogen and oxygen atoms in total. The third-order valence-corrected chi connectivity index (χ3v) is 5.28. The first-order valence-corrected chi connectivity index (χ1v) is 9.71. The number of carbonyl (C=O) groups is 1. The molecule has 0 spiro atoms. The number of methoxy groups -OCH3 is 1. The van der Waals surface area contributed by atoms with Crippen molar-refractivity contribution in [2.24, 2.45) is 0 Å². The van der Waals surface area contributed by atoms with Crippen molar-refractivity contribution in [3.63, 3.8) is 0 Å². The molecule has 0 atom stereocenters. The van der Waals surface area contributed by atoms with E-state index in [1.807, 2.05) is 40.8 Å². The topological polar surface area (TPSA) is 50.6 Å². The first-order chi connectivity index (χ1) is 13.0. The number of rotatable bonds is 5. The fraction of sp³-hybridized carbons (Fsp3) is 0.524. The van der Waals surface area contributed by atoms with Crippen LogP contribution in [0, 0.1) is 6.92 Å². The van der Waals surface area contributed by atoms with Crippen LogP contribution in [0.4, 0.5) is 0 Å². The molecular formula is C21H30N4O2. The standard InChI is InChI=1S/C21H30N4O2/c1-6-23-11-13-24(14-12-23)21(26)19-16(4)22-25(20(19)15(2)3)17-7-9-18(27-5)10-8-17/h7-10,15H,6,11-14H2,1-5H3. The fourth-order valence-corrected chi connectivity index (χ4v) is 3.69. The number of hydrogen-bond acceptors (Lipinski definition) is 4. The van der Waals surface area contributed by atoms with E-state index >= 15 is 0 Å². The van der Waals surface area contributed by atoms with Crippen LogP contribution in [0.3, 0.4) is 0 Å². The molecule has 0 saturated carbocycles. The molecule has 1 saturated heterocycles. The fourth-order valence-electron chi connectivity index (χ4n) is 3.69. The lowest BCUT2D eigenvalue weighted by Gasteiger charge is -2.34. The van der Waals surface area contributed by atoms with Crippen LogP contribution in [0.15, 0.2) is 24.3 Å². The van der Waals surface area contributed by atoms with Gasteiger partial charge in [0.2, 0.25) is 0 Å². The summed E-state index contributed by atoms with van der Waals surface area (Å²) in [4.78, 5) is 17.7. The molecule has 27 heavy (non-hydrogen) atoms. The molecule has 2 aromatic rings. The van der Waals surface area contributed by atoms with E-state index in [-0.39, 0.29) is 11.8 Å². The minimum absolute atomic E-state index is 0.103. The van der Waals surface area contributed by atoms with Crippen LogP contribution in [0.5, 0.6) is 5.75 Å². The third-order valence-electron chi connectivity index (χ3n) is 5.28. The third kappa shape index (κ3) is 3.86. The van der Waals surface area contributed by atoms with Crippen LogP contribution in [-0.4, -0.2) is 65.3 Å². The first kappa shape index (κ1) is 19.4. The summed E-state index contributed by atoms with van der Waals surface area (Å²) >= 11 is 0. The molecule has 0 radical (unpaired) electrons. The van der Waals surface area contributed by atoms with E-state index in [0.29, 0.717) is 0 Å². The molecule has 1 aliphatic rings. The van der Waals surface area contributed by atoms with Crippen LogP contribution in [-0.2, 0) is 0 Å². The van der Waals surface area contributed by atoms with Crippen LogP contribution < -0.4 is 4.74 Å². The average Bonchev–Trinajstić information content (AvgIpc) is 3.05. The van der Waals surface area contributed by atoms with Gasteiger partial charge in [0.25, 0.3) is 5.91 Å². The highest BCUT2D eigenvalue weighted by Gasteiger charge is 2.29. The van der Waals surface area contributed by atoms with Crippen molar-refractivity contribution >= 4 is 5.91 Å². The first-order valence-electron chi connectivity index (χ1n) is 9.71. The molecule has 0 unspecified atom stereocenters. The number of piperazine rings is 1. The molecule has 1 aromatic carbocycles. The zero-order valence-electron chi connectivity index (χ0n) is 17.0. The van der Waals surface area contributed by atoms with E-state index < -0.39 is 0 Å². The lowest BCUT2D eigenvalue weighted by Crippen LogP contribution is -2.48. The Kier molecular flexibility index (Phi) is 5.85. The summed E-state index contributed by atoms with van der Waals surface area (Å²) in [5.41, 5.74) is 3.46. The average molecular weight is 370 g/mol. The van der Waals surface area contributed by atoms with Crippen molar-refractivity contribution in [2.45, 2.75) is 33.6 Å². The van der Waals surface area contributed by atoms with Crippen molar-refractivity contribution in [1.82, 2.24) is 19.6 Å². The predicted molar refractivity (Wildman–Crippen MR) is 107 cm³/mol. The van der Waals surface area contributed by atoms with Gasteiger partial charge in [-0.25, -0.2) is 4.68 Å². The van der Waals surface area contributed by atoms with Gasteiger partial charge >= 0.3 is 0 Å². The number of ether oxygens (including phenoxy) is 1. The summed E-state index contributed by atoms with van der Waals surface area (Å²) in [7, 11) is 1.65. The minimum Gasteiger partial charge on any atom is -0.497 e. The van der Waals surface area contributed by atoms with E-state index in [4.69, 9.17) is 9.84 Å². The second-order valence-electron chi connectivity index (χ2n) is 7.34. The second-order valence-corrected chi connectivity index (χ2v) is 7.34. The van der Waals surface area contributed by atoms with Crippen LogP contribution in [0.25, 0.3) is 5.69 Å². The van der Waals surface area contributed by atoms with Gasteiger partial charge in [0.1, 0.15) is 5.75 Å². The highest BCUT2D eigenvalue weighted by molar-refractivity contribution is 5.97. The zero-order chi connectivity index (χ0) is 19.6. The molecule has 1 fully saturated rings. The van der Waals surface area contributed by atoms with Crippen molar-refractivity contribution < 1.29 is 9.53 Å². The quantitative estimate of drug-likeness (QED) is 0.812. The largest absolute Gasteiger partial charge is 0.497 e. The Labute approximate surface area is 161 Å². The molecule has 146 valence electrons. The highest BCUT2D eigenvalue weighted by atomic mass is 16.5. The number of benzene rings is 1. The summed E-state index contributed by atoms with van der Waals surface area (Å²) in [5, 5.41) is 4.72. The van der Waals surface area contributed by atoms with Gasteiger partial charge < -0.3 is 14.5 Å². The lowest BCUT2D eigenvalue weighted by atomic mass is 10.0. The van der Waals surface area contributed by atoms with Gasteiger partial charge in [-0.3, -0.25) is 4.79 Å². The van der Waals surface area contributed by atoms with Crippen molar-refractivity contribution in [3.05, 3.63) is 41.2 Å². The van der Waals surface area contributed by atoms with E-state index in [9.17, 15) is 4.79 Å². The monoisotopic (exact) mass is 370 g/mol. The lowest BCUT2D eigenvalue weighted by molar-refractivity contribution is 0.0641. The van der Waals surface area contributed by atoms with Crippen molar-refractivity contribution in [3.8, 4) is 11.4 Å². The van der Waals surface area contributed by atoms with Crippen LogP contribution in [0.1, 0.15) is 48.4 Å². The maximum Gasteiger partial charge on any atom is 0.257 e. The Bertz CT molecular complexity index is 787. The molecule has 0 bridgehead atoms. The van der Waals surface area contributed by atoms with Gasteiger partial charge in [-0.1, -0.05) is 20.8 Å². The van der Waals surface area contributed by atoms with Gasteiger partial charge in [-0.15, -0.1) is 0 Å². The van der Waals surface area contributed by atoms with E-state index in [0.717, 1.165) is 61.1 Å². The number of hydrogen-bond donors (Lipinski definition) is 0. The summed E-state index contributed by atoms with van der Waals surface area (Å²) in [6.45, 7) is 12.8. The zero-order valence-corrected chi connectivity index (χ0v) is 17.0. The second kappa shape index (κ2) is 8.13. The smallest absolute Gasteiger partial charge is 0.257 e. The number of amides is 1. The summed E-state index contributed by atoms with van der Waals surface area (Å²) in [5.74, 6) is 1.09. The molecule has 1 aliphatic heterocycles. The summed E-state index contributed by atoms with van der Waals surface area (Å²) < 4.78 is 7.16. The number of carbonyl (C=O) groups excluding carboxylic acids is 1. The summed E-state index contributed by atoms with van der Waals surface area (Å²) in [6, 6.07) is 7.79. The Morgan fingerprint density at radius 2 is 1.78 bits per heavy atom. The van der Waals surface area contributed by atoms with Crippen molar-refractivity contribution in [1.29, 1.82) is 0 Å². The Morgan fingerprint density at radius 3 is 2.30 bits per heavy atom. The van der Waals surface area contributed by atoms with Gasteiger partial charge in [0, 0.05) is 26.2 Å². The normalized spacial score (nSPS) is 15.4. The van der Waals surface area contributed by atoms with Gasteiger partial charge in [0.15, 0.2) is 0 Å². The maximum atomic E-state index is 13.3. The van der Waals surface area contributed by atoms with E-state index in [1.165, 1.54) is 0 Å². The van der Waals surface area contributed by atoms with Crippen LogP contribution >= 0.6 is 0 Å². The van der Waals surface area contributed by atoms with E-state index in [2.05, 4.69) is 25.7 Å². The number of likely N-dealkylation sites (N-methyl/N-ethyl adjacent to an activating group) is 1. The molecule has 3 rings (SSSR count). The molecule has 1 amide bonds. The highest BCUT2D eigenvalue weighted by Crippen LogP contribution is 2.28. The minimum atomic E-state index is 0.103. The molecule has 6 heteroatoms. The number of nitrogens with zero attached hydrogens (tertiary/aromatic N) is 4. The molecule has 2 heterocycles. The SMILES string of the molecule is CCN1CCN(C(=O)c2c(C)nn(-c3ccc(OC)cc3)c2C(C)C)CC1. The number of aryl methyl sites for hydroxylation is 1. The number of aromatic nitrogens is 2.